The molecular weight excluding hydrogens is 278 g/mol. The van der Waals surface area contributed by atoms with Gasteiger partial charge in [-0.3, -0.25) is 19.2 Å². The zero-order valence-electron chi connectivity index (χ0n) is 12.2. The molecule has 0 spiro atoms. The Balaban J connectivity index is 2.60. The van der Waals surface area contributed by atoms with Crippen LogP contribution in [0.4, 0.5) is 0 Å². The molecule has 3 atom stereocenters. The van der Waals surface area contributed by atoms with Crippen molar-refractivity contribution in [1.82, 2.24) is 10.6 Å². The average Bonchev–Trinajstić information content (AvgIpc) is 2.82. The monoisotopic (exact) mass is 299 g/mol. The largest absolute Gasteiger partial charge is 0.466 e. The van der Waals surface area contributed by atoms with Gasteiger partial charge in [-0.1, -0.05) is 6.92 Å². The van der Waals surface area contributed by atoms with Crippen molar-refractivity contribution in [2.45, 2.75) is 45.2 Å². The maximum atomic E-state index is 12.0. The number of amides is 3. The molecule has 118 valence electrons. The van der Waals surface area contributed by atoms with Crippen LogP contribution in [0.5, 0.6) is 0 Å². The van der Waals surface area contributed by atoms with Gasteiger partial charge in [0.1, 0.15) is 12.1 Å². The first-order valence-electron chi connectivity index (χ1n) is 6.89. The Morgan fingerprint density at radius 1 is 1.48 bits per heavy atom. The smallest absolute Gasteiger partial charge is 0.306 e. The predicted octanol–water partition coefficient (Wildman–Crippen LogP) is -1.18. The fourth-order valence-corrected chi connectivity index (χ4v) is 2.16. The molecule has 1 aliphatic rings. The van der Waals surface area contributed by atoms with Gasteiger partial charge in [-0.25, -0.2) is 0 Å². The number of hydrogen-bond acceptors (Lipinski definition) is 5. The van der Waals surface area contributed by atoms with E-state index in [-0.39, 0.29) is 25.4 Å². The highest BCUT2D eigenvalue weighted by molar-refractivity contribution is 5.93. The van der Waals surface area contributed by atoms with Crippen LogP contribution in [0.2, 0.25) is 0 Å². The van der Waals surface area contributed by atoms with Gasteiger partial charge in [0.25, 0.3) is 0 Å². The van der Waals surface area contributed by atoms with E-state index in [1.807, 2.05) is 0 Å². The van der Waals surface area contributed by atoms with Gasteiger partial charge in [0.15, 0.2) is 0 Å². The Hall–Kier alpha value is -2.12. The van der Waals surface area contributed by atoms with Gasteiger partial charge in [-0.15, -0.1) is 0 Å². The lowest BCUT2D eigenvalue weighted by Gasteiger charge is -2.23. The number of esters is 1. The van der Waals surface area contributed by atoms with Crippen molar-refractivity contribution in [1.29, 1.82) is 0 Å². The summed E-state index contributed by atoms with van der Waals surface area (Å²) in [5.74, 6) is -2.36. The van der Waals surface area contributed by atoms with E-state index in [9.17, 15) is 19.2 Å². The Kier molecular flexibility index (Phi) is 6.13. The lowest BCUT2D eigenvalue weighted by Crippen LogP contribution is -2.53. The summed E-state index contributed by atoms with van der Waals surface area (Å²) >= 11 is 0. The highest BCUT2D eigenvalue weighted by atomic mass is 16.5. The number of hydrogen-bond donors (Lipinski definition) is 3. The second-order valence-electron chi connectivity index (χ2n) is 5.03. The van der Waals surface area contributed by atoms with E-state index in [4.69, 9.17) is 10.5 Å². The standard InChI is InChI=1S/C13H21N3O5/c1-3-21-10(18)6-7(2)11(12(14)19)16-13(20)8-4-5-9(17)15-8/h7-8,11H,3-6H2,1-2H3,(H2,14,19)(H,15,17)(H,16,20)/t7-,8+,11-/m0/s1. The van der Waals surface area contributed by atoms with Crippen LogP contribution >= 0.6 is 0 Å². The number of ether oxygens (including phenoxy) is 1. The molecule has 1 heterocycles. The number of nitrogens with two attached hydrogens (primary N) is 1. The van der Waals surface area contributed by atoms with Crippen LogP contribution < -0.4 is 16.4 Å². The molecule has 3 amide bonds. The van der Waals surface area contributed by atoms with E-state index < -0.39 is 35.8 Å². The van der Waals surface area contributed by atoms with Gasteiger partial charge in [0.05, 0.1) is 13.0 Å². The van der Waals surface area contributed by atoms with Crippen LogP contribution in [-0.4, -0.2) is 42.4 Å². The third kappa shape index (κ3) is 5.05. The summed E-state index contributed by atoms with van der Waals surface area (Å²) in [4.78, 5) is 45.9. The van der Waals surface area contributed by atoms with Crippen molar-refractivity contribution < 1.29 is 23.9 Å². The van der Waals surface area contributed by atoms with E-state index in [0.717, 1.165) is 0 Å². The van der Waals surface area contributed by atoms with Crippen molar-refractivity contribution in [3.63, 3.8) is 0 Å². The molecule has 0 bridgehead atoms. The summed E-state index contributed by atoms with van der Waals surface area (Å²) in [5.41, 5.74) is 5.27. The van der Waals surface area contributed by atoms with Gasteiger partial charge >= 0.3 is 5.97 Å². The van der Waals surface area contributed by atoms with Crippen LogP contribution in [0.25, 0.3) is 0 Å². The quantitative estimate of drug-likeness (QED) is 0.510. The molecule has 0 aliphatic carbocycles. The number of nitrogens with one attached hydrogen (secondary N) is 2. The normalized spacial score (nSPS) is 20.3. The minimum absolute atomic E-state index is 0.0290. The minimum Gasteiger partial charge on any atom is -0.466 e. The third-order valence-electron chi connectivity index (χ3n) is 3.28. The van der Waals surface area contributed by atoms with E-state index in [0.29, 0.717) is 6.42 Å². The van der Waals surface area contributed by atoms with Crippen LogP contribution in [0, 0.1) is 5.92 Å². The molecule has 0 saturated carbocycles. The van der Waals surface area contributed by atoms with Gasteiger partial charge in [0, 0.05) is 6.42 Å². The van der Waals surface area contributed by atoms with Gasteiger partial charge in [-0.05, 0) is 19.3 Å². The molecule has 8 heteroatoms. The summed E-state index contributed by atoms with van der Waals surface area (Å²) in [5, 5.41) is 4.99. The number of rotatable bonds is 7. The Morgan fingerprint density at radius 3 is 2.62 bits per heavy atom. The van der Waals surface area contributed by atoms with Crippen molar-refractivity contribution in [2.75, 3.05) is 6.61 Å². The summed E-state index contributed by atoms with van der Waals surface area (Å²) in [6, 6.07) is -1.64. The molecule has 0 aromatic carbocycles. The van der Waals surface area contributed by atoms with Crippen molar-refractivity contribution in [3.05, 3.63) is 0 Å². The maximum Gasteiger partial charge on any atom is 0.306 e. The fraction of sp³-hybridized carbons (Fsp3) is 0.692. The first kappa shape index (κ1) is 16.9. The molecule has 8 nitrogen and oxygen atoms in total. The molecule has 1 saturated heterocycles. The zero-order chi connectivity index (χ0) is 16.0. The third-order valence-corrected chi connectivity index (χ3v) is 3.28. The zero-order valence-corrected chi connectivity index (χ0v) is 12.2. The highest BCUT2D eigenvalue weighted by Gasteiger charge is 2.32. The highest BCUT2D eigenvalue weighted by Crippen LogP contribution is 2.12. The number of carbonyl (C=O) groups excluding carboxylic acids is 4. The van der Waals surface area contributed by atoms with Crippen LogP contribution in [0.15, 0.2) is 0 Å². The van der Waals surface area contributed by atoms with Crippen molar-refractivity contribution in [3.8, 4) is 0 Å². The molecule has 1 fully saturated rings. The Bertz CT molecular complexity index is 438. The first-order valence-corrected chi connectivity index (χ1v) is 6.89. The van der Waals surface area contributed by atoms with Crippen molar-refractivity contribution in [2.24, 2.45) is 11.7 Å². The maximum absolute atomic E-state index is 12.0. The number of primary amides is 1. The van der Waals surface area contributed by atoms with Crippen LogP contribution in [0.1, 0.15) is 33.1 Å². The Labute approximate surface area is 122 Å². The van der Waals surface area contributed by atoms with Gasteiger partial charge < -0.3 is 21.1 Å². The van der Waals surface area contributed by atoms with Crippen molar-refractivity contribution >= 4 is 23.7 Å². The predicted molar refractivity (Wildman–Crippen MR) is 72.7 cm³/mol. The van der Waals surface area contributed by atoms with E-state index in [1.165, 1.54) is 0 Å². The summed E-state index contributed by atoms with van der Waals surface area (Å²) < 4.78 is 4.80. The molecule has 0 aromatic rings. The van der Waals surface area contributed by atoms with E-state index in [2.05, 4.69) is 10.6 Å². The molecule has 4 N–H and O–H groups in total. The van der Waals surface area contributed by atoms with Gasteiger partial charge in [0.2, 0.25) is 17.7 Å². The molecule has 1 rings (SSSR count). The summed E-state index contributed by atoms with van der Waals surface area (Å²) in [7, 11) is 0. The Morgan fingerprint density at radius 2 is 2.14 bits per heavy atom. The molecule has 0 radical (unpaired) electrons. The number of carbonyl (C=O) groups is 4. The second kappa shape index (κ2) is 7.61. The SMILES string of the molecule is CCOC(=O)C[C@H](C)[C@H](NC(=O)[C@H]1CCC(=O)N1)C(N)=O. The molecular formula is C13H21N3O5. The molecule has 1 aliphatic heterocycles. The van der Waals surface area contributed by atoms with Gasteiger partial charge in [-0.2, -0.15) is 0 Å². The van der Waals surface area contributed by atoms with E-state index >= 15 is 0 Å². The summed E-state index contributed by atoms with van der Waals surface area (Å²) in [6.07, 6.45) is 0.624. The van der Waals surface area contributed by atoms with Crippen LogP contribution in [-0.2, 0) is 23.9 Å². The molecule has 21 heavy (non-hydrogen) atoms. The fourth-order valence-electron chi connectivity index (χ4n) is 2.16. The van der Waals surface area contributed by atoms with E-state index in [1.54, 1.807) is 13.8 Å². The lowest BCUT2D eigenvalue weighted by atomic mass is 9.97. The minimum atomic E-state index is -0.987. The topological polar surface area (TPSA) is 128 Å². The lowest BCUT2D eigenvalue weighted by molar-refractivity contribution is -0.145. The molecule has 0 aromatic heterocycles. The second-order valence-corrected chi connectivity index (χ2v) is 5.03. The summed E-state index contributed by atoms with van der Waals surface area (Å²) in [6.45, 7) is 3.55. The van der Waals surface area contributed by atoms with Crippen LogP contribution in [0.3, 0.4) is 0 Å². The average molecular weight is 299 g/mol. The first-order chi connectivity index (χ1) is 9.85. The molecule has 0 unspecified atom stereocenters.